The number of hydrogen-bond acceptors (Lipinski definition) is 4. The Morgan fingerprint density at radius 1 is 1.16 bits per heavy atom. The summed E-state index contributed by atoms with van der Waals surface area (Å²) >= 11 is 6.29. The van der Waals surface area contributed by atoms with Crippen molar-refractivity contribution in [1.82, 2.24) is 14.7 Å². The van der Waals surface area contributed by atoms with E-state index >= 15 is 0 Å². The number of hydrogen-bond donors (Lipinski definition) is 0. The van der Waals surface area contributed by atoms with Crippen LogP contribution in [0.1, 0.15) is 16.9 Å². The normalized spacial score (nSPS) is 17.2. The molecule has 0 aliphatic carbocycles. The van der Waals surface area contributed by atoms with Crippen molar-refractivity contribution in [2.75, 3.05) is 37.7 Å². The van der Waals surface area contributed by atoms with Crippen molar-refractivity contribution in [3.8, 4) is 5.88 Å². The second-order valence-electron chi connectivity index (χ2n) is 6.12. The molecule has 0 saturated carbocycles. The van der Waals surface area contributed by atoms with E-state index < -0.39 is 0 Å². The maximum Gasteiger partial charge on any atom is 0.276 e. The maximum atomic E-state index is 13.9. The zero-order chi connectivity index (χ0) is 17.4. The number of piperazine rings is 1. The van der Waals surface area contributed by atoms with E-state index in [-0.39, 0.29) is 22.4 Å². The number of fused-ring (bicyclic) bond motifs is 1. The van der Waals surface area contributed by atoms with Crippen LogP contribution >= 0.6 is 11.6 Å². The number of para-hydroxylation sites is 1. The van der Waals surface area contributed by atoms with E-state index in [1.54, 1.807) is 21.7 Å². The molecule has 0 spiro atoms. The van der Waals surface area contributed by atoms with Crippen molar-refractivity contribution in [2.24, 2.45) is 0 Å². The largest absolute Gasteiger partial charge is 0.477 e. The van der Waals surface area contributed by atoms with Crippen molar-refractivity contribution in [2.45, 2.75) is 13.0 Å². The first kappa shape index (κ1) is 16.2. The molecule has 25 heavy (non-hydrogen) atoms. The van der Waals surface area contributed by atoms with Crippen molar-refractivity contribution in [1.29, 1.82) is 0 Å². The van der Waals surface area contributed by atoms with Gasteiger partial charge < -0.3 is 14.5 Å². The third-order valence-electron chi connectivity index (χ3n) is 4.57. The molecule has 2 aromatic rings. The summed E-state index contributed by atoms with van der Waals surface area (Å²) < 4.78 is 21.1. The van der Waals surface area contributed by atoms with Gasteiger partial charge in [0, 0.05) is 39.1 Å². The molecule has 2 aliphatic heterocycles. The number of anilines is 1. The van der Waals surface area contributed by atoms with Gasteiger partial charge in [-0.3, -0.25) is 4.79 Å². The van der Waals surface area contributed by atoms with Crippen LogP contribution in [0, 0.1) is 5.82 Å². The highest BCUT2D eigenvalue weighted by atomic mass is 35.5. The van der Waals surface area contributed by atoms with Gasteiger partial charge in [-0.2, -0.15) is 5.10 Å². The third-order valence-corrected chi connectivity index (χ3v) is 4.91. The van der Waals surface area contributed by atoms with Crippen LogP contribution in [-0.2, 0) is 6.54 Å². The van der Waals surface area contributed by atoms with E-state index in [1.807, 2.05) is 11.0 Å². The van der Waals surface area contributed by atoms with E-state index in [9.17, 15) is 9.18 Å². The molecule has 132 valence electrons. The minimum atomic E-state index is -0.246. The molecule has 1 aromatic heterocycles. The summed E-state index contributed by atoms with van der Waals surface area (Å²) in [4.78, 5) is 16.4. The summed E-state index contributed by atoms with van der Waals surface area (Å²) in [5.74, 6) is 0.0224. The molecule has 1 saturated heterocycles. The average Bonchev–Trinajstić information content (AvgIpc) is 2.99. The Hall–Kier alpha value is -2.28. The highest BCUT2D eigenvalue weighted by Gasteiger charge is 2.30. The number of carbonyl (C=O) groups excluding carboxylic acids is 1. The van der Waals surface area contributed by atoms with Crippen LogP contribution in [0.5, 0.6) is 5.88 Å². The number of aryl methyl sites for hydroxylation is 1. The number of carbonyl (C=O) groups is 1. The van der Waals surface area contributed by atoms with Gasteiger partial charge >= 0.3 is 0 Å². The zero-order valence-electron chi connectivity index (χ0n) is 13.6. The van der Waals surface area contributed by atoms with Gasteiger partial charge in [0.15, 0.2) is 5.69 Å². The molecule has 1 aromatic carbocycles. The number of benzene rings is 1. The Labute approximate surface area is 149 Å². The molecule has 4 rings (SSSR count). The van der Waals surface area contributed by atoms with Gasteiger partial charge in [-0.05, 0) is 12.1 Å². The van der Waals surface area contributed by atoms with Gasteiger partial charge in [-0.15, -0.1) is 0 Å². The molecule has 6 nitrogen and oxygen atoms in total. The lowest BCUT2D eigenvalue weighted by atomic mass is 10.2. The van der Waals surface area contributed by atoms with Crippen LogP contribution in [0.25, 0.3) is 0 Å². The maximum absolute atomic E-state index is 13.9. The van der Waals surface area contributed by atoms with Crippen LogP contribution in [0.2, 0.25) is 5.02 Å². The third kappa shape index (κ3) is 2.93. The van der Waals surface area contributed by atoms with Crippen molar-refractivity contribution < 1.29 is 13.9 Å². The highest BCUT2D eigenvalue weighted by Crippen LogP contribution is 2.31. The fourth-order valence-corrected chi connectivity index (χ4v) is 3.51. The first-order valence-electron chi connectivity index (χ1n) is 8.33. The van der Waals surface area contributed by atoms with Gasteiger partial charge in [-0.25, -0.2) is 9.07 Å². The smallest absolute Gasteiger partial charge is 0.276 e. The summed E-state index contributed by atoms with van der Waals surface area (Å²) in [6, 6.07) is 6.68. The Kier molecular flexibility index (Phi) is 4.25. The van der Waals surface area contributed by atoms with Gasteiger partial charge in [0.25, 0.3) is 5.91 Å². The molecule has 1 fully saturated rings. The number of aromatic nitrogens is 2. The predicted octanol–water partition coefficient (Wildman–Crippen LogP) is 2.42. The SMILES string of the molecule is O=C(c1nn2c(c1Cl)OCCC2)N1CCN(c2ccccc2F)CC1. The number of ether oxygens (including phenoxy) is 1. The molecule has 1 amide bonds. The summed E-state index contributed by atoms with van der Waals surface area (Å²) in [6.07, 6.45) is 0.847. The highest BCUT2D eigenvalue weighted by molar-refractivity contribution is 6.34. The number of amides is 1. The molecule has 2 aliphatic rings. The molecule has 0 N–H and O–H groups in total. The van der Waals surface area contributed by atoms with E-state index in [0.29, 0.717) is 50.9 Å². The summed E-state index contributed by atoms with van der Waals surface area (Å²) in [7, 11) is 0. The van der Waals surface area contributed by atoms with Gasteiger partial charge in [0.1, 0.15) is 10.8 Å². The van der Waals surface area contributed by atoms with E-state index in [0.717, 1.165) is 6.42 Å². The lowest BCUT2D eigenvalue weighted by Gasteiger charge is -2.35. The minimum Gasteiger partial charge on any atom is -0.477 e. The van der Waals surface area contributed by atoms with Crippen LogP contribution < -0.4 is 9.64 Å². The molecule has 8 heteroatoms. The van der Waals surface area contributed by atoms with Crippen molar-refractivity contribution in [3.05, 3.63) is 40.8 Å². The van der Waals surface area contributed by atoms with Crippen molar-refractivity contribution in [3.63, 3.8) is 0 Å². The van der Waals surface area contributed by atoms with E-state index in [1.165, 1.54) is 6.07 Å². The van der Waals surface area contributed by atoms with Gasteiger partial charge in [0.2, 0.25) is 5.88 Å². The number of halogens is 2. The first-order valence-corrected chi connectivity index (χ1v) is 8.71. The Bertz CT molecular complexity index is 802. The summed E-state index contributed by atoms with van der Waals surface area (Å²) in [5.41, 5.74) is 0.802. The number of rotatable bonds is 2. The Balaban J connectivity index is 1.47. The van der Waals surface area contributed by atoms with Crippen molar-refractivity contribution >= 4 is 23.2 Å². The van der Waals surface area contributed by atoms with Crippen LogP contribution in [0.15, 0.2) is 24.3 Å². The standard InChI is InChI=1S/C17H18ClFN4O2/c18-14-15(20-23-6-3-11-25-17(14)23)16(24)22-9-7-21(8-10-22)13-5-2-1-4-12(13)19/h1-2,4-5H,3,6-11H2. The van der Waals surface area contributed by atoms with Crippen LogP contribution in [-0.4, -0.2) is 53.4 Å². The lowest BCUT2D eigenvalue weighted by molar-refractivity contribution is 0.0740. The number of nitrogens with zero attached hydrogens (tertiary/aromatic N) is 4. The molecule has 0 unspecified atom stereocenters. The van der Waals surface area contributed by atoms with Crippen LogP contribution in [0.3, 0.4) is 0 Å². The second-order valence-corrected chi connectivity index (χ2v) is 6.50. The minimum absolute atomic E-state index is 0.205. The molecule has 3 heterocycles. The zero-order valence-corrected chi connectivity index (χ0v) is 14.4. The molecule has 0 atom stereocenters. The Morgan fingerprint density at radius 2 is 1.92 bits per heavy atom. The molecular weight excluding hydrogens is 347 g/mol. The van der Waals surface area contributed by atoms with Crippen LogP contribution in [0.4, 0.5) is 10.1 Å². The predicted molar refractivity (Wildman–Crippen MR) is 91.9 cm³/mol. The quantitative estimate of drug-likeness (QED) is 0.821. The van der Waals surface area contributed by atoms with Gasteiger partial charge in [-0.1, -0.05) is 23.7 Å². The second kappa shape index (κ2) is 6.55. The van der Waals surface area contributed by atoms with E-state index in [4.69, 9.17) is 16.3 Å². The molecule has 0 radical (unpaired) electrons. The summed E-state index contributed by atoms with van der Waals surface area (Å²) in [5, 5.41) is 4.59. The first-order chi connectivity index (χ1) is 12.1. The Morgan fingerprint density at radius 3 is 2.64 bits per heavy atom. The molecule has 0 bridgehead atoms. The molecular formula is C17H18ClFN4O2. The van der Waals surface area contributed by atoms with E-state index in [2.05, 4.69) is 5.10 Å². The lowest BCUT2D eigenvalue weighted by Crippen LogP contribution is -2.49. The van der Waals surface area contributed by atoms with Gasteiger partial charge in [0.05, 0.1) is 12.3 Å². The monoisotopic (exact) mass is 364 g/mol. The fraction of sp³-hybridized carbons (Fsp3) is 0.412. The topological polar surface area (TPSA) is 50.6 Å². The summed E-state index contributed by atoms with van der Waals surface area (Å²) in [6.45, 7) is 3.39. The average molecular weight is 365 g/mol. The fourth-order valence-electron chi connectivity index (χ4n) is 3.24.